The van der Waals surface area contributed by atoms with E-state index in [4.69, 9.17) is 0 Å². The first-order valence-corrected chi connectivity index (χ1v) is 11.0. The molecule has 4 nitrogen and oxygen atoms in total. The lowest BCUT2D eigenvalue weighted by molar-refractivity contribution is -0.122. The van der Waals surface area contributed by atoms with E-state index in [0.717, 1.165) is 33.4 Å². The van der Waals surface area contributed by atoms with Crippen LogP contribution < -0.4 is 0 Å². The number of rotatable bonds is 5. The summed E-state index contributed by atoms with van der Waals surface area (Å²) in [6.07, 6.45) is 2.02. The van der Waals surface area contributed by atoms with Crippen LogP contribution in [0.4, 0.5) is 0 Å². The molecular weight excluding hydrogens is 390 g/mol. The van der Waals surface area contributed by atoms with Crippen molar-refractivity contribution >= 4 is 28.9 Å². The summed E-state index contributed by atoms with van der Waals surface area (Å²) in [7, 11) is 0. The van der Waals surface area contributed by atoms with E-state index >= 15 is 0 Å². The van der Waals surface area contributed by atoms with Gasteiger partial charge in [-0.15, -0.1) is 0 Å². The van der Waals surface area contributed by atoms with Crippen molar-refractivity contribution in [3.63, 3.8) is 0 Å². The number of amides is 1. The Labute approximate surface area is 181 Å². The van der Waals surface area contributed by atoms with E-state index < -0.39 is 0 Å². The highest BCUT2D eigenvalue weighted by Gasteiger charge is 2.32. The third-order valence-electron chi connectivity index (χ3n) is 5.06. The molecule has 5 heteroatoms. The normalized spacial score (nSPS) is 16.8. The molecule has 1 aliphatic heterocycles. The van der Waals surface area contributed by atoms with Gasteiger partial charge in [0.1, 0.15) is 0 Å². The number of hydrogen-bond donors (Lipinski definition) is 0. The highest BCUT2D eigenvalue weighted by molar-refractivity contribution is 8.18. The van der Waals surface area contributed by atoms with Gasteiger partial charge in [0.15, 0.2) is 5.17 Å². The van der Waals surface area contributed by atoms with Crippen molar-refractivity contribution in [2.75, 3.05) is 13.1 Å². The molecule has 1 amide bonds. The molecule has 0 aliphatic carbocycles. The lowest BCUT2D eigenvalue weighted by Gasteiger charge is -2.13. The van der Waals surface area contributed by atoms with Crippen LogP contribution in [-0.2, 0) is 4.79 Å². The first kappa shape index (κ1) is 20.2. The molecule has 0 bridgehead atoms. The molecule has 0 radical (unpaired) electrons. The Balaban J connectivity index is 1.89. The van der Waals surface area contributed by atoms with Crippen molar-refractivity contribution in [2.24, 2.45) is 4.99 Å². The summed E-state index contributed by atoms with van der Waals surface area (Å²) < 4.78 is 2.25. The molecular formula is C25H25N3OS. The molecule has 4 rings (SSSR count). The number of likely N-dealkylation sites (N-methyl/N-ethyl adjacent to an activating group) is 1. The Morgan fingerprint density at radius 3 is 2.30 bits per heavy atom. The van der Waals surface area contributed by atoms with Crippen molar-refractivity contribution in [3.8, 4) is 16.9 Å². The van der Waals surface area contributed by atoms with Gasteiger partial charge in [-0.25, -0.2) is 0 Å². The maximum atomic E-state index is 13.0. The van der Waals surface area contributed by atoms with E-state index in [0.29, 0.717) is 18.0 Å². The van der Waals surface area contributed by atoms with Crippen molar-refractivity contribution < 1.29 is 4.79 Å². The number of amidine groups is 1. The van der Waals surface area contributed by atoms with Crippen LogP contribution in [0.1, 0.15) is 25.1 Å². The van der Waals surface area contributed by atoms with Gasteiger partial charge < -0.3 is 4.57 Å². The summed E-state index contributed by atoms with van der Waals surface area (Å²) in [5.74, 6) is 0.0267. The second-order valence-corrected chi connectivity index (χ2v) is 8.05. The van der Waals surface area contributed by atoms with Gasteiger partial charge in [0, 0.05) is 30.0 Å². The van der Waals surface area contributed by atoms with Crippen LogP contribution in [-0.4, -0.2) is 33.6 Å². The number of hydrogen-bond acceptors (Lipinski definition) is 3. The van der Waals surface area contributed by atoms with Crippen molar-refractivity contribution in [1.29, 1.82) is 0 Å². The third kappa shape index (κ3) is 3.73. The summed E-state index contributed by atoms with van der Waals surface area (Å²) in [5.41, 5.74) is 5.47. The maximum Gasteiger partial charge on any atom is 0.266 e. The molecule has 1 aliphatic rings. The number of aryl methyl sites for hydroxylation is 1. The summed E-state index contributed by atoms with van der Waals surface area (Å²) in [6, 6.07) is 22.8. The van der Waals surface area contributed by atoms with E-state index in [-0.39, 0.29) is 5.91 Å². The van der Waals surface area contributed by atoms with Crippen molar-refractivity contribution in [2.45, 2.75) is 20.8 Å². The van der Waals surface area contributed by atoms with Crippen LogP contribution in [0, 0.1) is 6.92 Å². The Morgan fingerprint density at radius 2 is 1.67 bits per heavy atom. The van der Waals surface area contributed by atoms with E-state index in [2.05, 4.69) is 46.8 Å². The highest BCUT2D eigenvalue weighted by atomic mass is 32.2. The van der Waals surface area contributed by atoms with Gasteiger partial charge >= 0.3 is 0 Å². The summed E-state index contributed by atoms with van der Waals surface area (Å²) in [6.45, 7) is 7.37. The molecule has 0 atom stereocenters. The van der Waals surface area contributed by atoms with E-state index in [9.17, 15) is 4.79 Å². The Hall–Kier alpha value is -3.05. The number of thioether (sulfide) groups is 1. The molecule has 1 fully saturated rings. The van der Waals surface area contributed by atoms with Crippen LogP contribution in [0.15, 0.2) is 76.6 Å². The van der Waals surface area contributed by atoms with Gasteiger partial charge in [-0.3, -0.25) is 14.7 Å². The molecule has 0 spiro atoms. The maximum absolute atomic E-state index is 13.0. The number of benzene rings is 2. The van der Waals surface area contributed by atoms with Gasteiger partial charge in [-0.2, -0.15) is 0 Å². The first-order valence-electron chi connectivity index (χ1n) is 10.2. The van der Waals surface area contributed by atoms with Crippen LogP contribution in [0.5, 0.6) is 0 Å². The standard InChI is InChI=1S/C25H25N3OS/c1-4-26-25-27(5-2)24(29)22(30-25)17-20-16-18(3)28(21-14-10-7-11-15-21)23(20)19-12-8-6-9-13-19/h6-17H,4-5H2,1-3H3/b22-17-,26-25?. The zero-order chi connectivity index (χ0) is 21.1. The van der Waals surface area contributed by atoms with Crippen molar-refractivity contribution in [3.05, 3.63) is 82.9 Å². The predicted molar refractivity (Wildman–Crippen MR) is 127 cm³/mol. The minimum atomic E-state index is 0.0267. The van der Waals surface area contributed by atoms with Crippen LogP contribution >= 0.6 is 11.8 Å². The third-order valence-corrected chi connectivity index (χ3v) is 6.10. The molecule has 0 N–H and O–H groups in total. The molecule has 30 heavy (non-hydrogen) atoms. The number of aromatic nitrogens is 1. The fourth-order valence-electron chi connectivity index (χ4n) is 3.76. The average molecular weight is 416 g/mol. The number of para-hydroxylation sites is 1. The second kappa shape index (κ2) is 8.76. The summed E-state index contributed by atoms with van der Waals surface area (Å²) in [4.78, 5) is 20.0. The highest BCUT2D eigenvalue weighted by Crippen LogP contribution is 2.37. The van der Waals surface area contributed by atoms with Crippen LogP contribution in [0.2, 0.25) is 0 Å². The number of aliphatic imine (C=N–C) groups is 1. The quantitative estimate of drug-likeness (QED) is 0.497. The van der Waals surface area contributed by atoms with Gasteiger partial charge in [0.05, 0.1) is 10.6 Å². The van der Waals surface area contributed by atoms with Gasteiger partial charge in [0.2, 0.25) is 0 Å². The lowest BCUT2D eigenvalue weighted by atomic mass is 10.1. The predicted octanol–water partition coefficient (Wildman–Crippen LogP) is 5.76. The minimum absolute atomic E-state index is 0.0267. The zero-order valence-electron chi connectivity index (χ0n) is 17.5. The molecule has 3 aromatic rings. The van der Waals surface area contributed by atoms with Gasteiger partial charge in [-0.05, 0) is 62.4 Å². The molecule has 2 aromatic carbocycles. The van der Waals surface area contributed by atoms with E-state index in [1.165, 1.54) is 11.8 Å². The SMILES string of the molecule is CCN=C1S/C(=C\c2cc(C)n(-c3ccccc3)c2-c2ccccc2)C(=O)N1CC. The molecule has 152 valence electrons. The largest absolute Gasteiger partial charge is 0.313 e. The zero-order valence-corrected chi connectivity index (χ0v) is 18.3. The summed E-state index contributed by atoms with van der Waals surface area (Å²) >= 11 is 1.46. The topological polar surface area (TPSA) is 37.6 Å². The smallest absolute Gasteiger partial charge is 0.266 e. The number of carbonyl (C=O) groups excluding carboxylic acids is 1. The molecule has 0 saturated carbocycles. The Kier molecular flexibility index (Phi) is 5.91. The molecule has 1 aromatic heterocycles. The van der Waals surface area contributed by atoms with E-state index in [1.54, 1.807) is 4.90 Å². The second-order valence-electron chi connectivity index (χ2n) is 7.04. The number of nitrogens with zero attached hydrogens (tertiary/aromatic N) is 3. The summed E-state index contributed by atoms with van der Waals surface area (Å²) in [5, 5.41) is 0.789. The number of carbonyl (C=O) groups is 1. The van der Waals surface area contributed by atoms with Gasteiger partial charge in [0.25, 0.3) is 5.91 Å². The molecule has 1 saturated heterocycles. The monoisotopic (exact) mass is 415 g/mol. The van der Waals surface area contributed by atoms with Crippen LogP contribution in [0.3, 0.4) is 0 Å². The Bertz CT molecular complexity index is 1110. The minimum Gasteiger partial charge on any atom is -0.313 e. The fraction of sp³-hybridized carbons (Fsp3) is 0.200. The average Bonchev–Trinajstić information content (AvgIpc) is 3.25. The van der Waals surface area contributed by atoms with Gasteiger partial charge in [-0.1, -0.05) is 48.5 Å². The van der Waals surface area contributed by atoms with E-state index in [1.807, 2.05) is 56.3 Å². The van der Waals surface area contributed by atoms with Crippen molar-refractivity contribution in [1.82, 2.24) is 9.47 Å². The first-order chi connectivity index (χ1) is 14.6. The fourth-order valence-corrected chi connectivity index (χ4v) is 4.85. The lowest BCUT2D eigenvalue weighted by Crippen LogP contribution is -2.28. The molecule has 2 heterocycles. The van der Waals surface area contributed by atoms with Crippen LogP contribution in [0.25, 0.3) is 23.0 Å². The molecule has 0 unspecified atom stereocenters. The Morgan fingerprint density at radius 1 is 1.00 bits per heavy atom.